The fourth-order valence-corrected chi connectivity index (χ4v) is 6.98. The summed E-state index contributed by atoms with van der Waals surface area (Å²) in [5.41, 5.74) is 10.2. The van der Waals surface area contributed by atoms with Crippen molar-refractivity contribution in [1.29, 1.82) is 0 Å². The zero-order valence-electron chi connectivity index (χ0n) is 23.7. The van der Waals surface area contributed by atoms with Crippen molar-refractivity contribution in [2.75, 3.05) is 18.9 Å². The summed E-state index contributed by atoms with van der Waals surface area (Å²) in [4.78, 5) is 56.1. The van der Waals surface area contributed by atoms with E-state index in [9.17, 15) is 38.7 Å². The van der Waals surface area contributed by atoms with Gasteiger partial charge in [0.15, 0.2) is 30.3 Å². The summed E-state index contributed by atoms with van der Waals surface area (Å²) in [7, 11) is -10.7. The molecule has 0 bridgehead atoms. The number of amidine groups is 1. The number of aliphatic hydroxyl groups excluding tert-OH is 2. The molecule has 4 aliphatic rings. The van der Waals surface area contributed by atoms with Crippen molar-refractivity contribution in [3.05, 3.63) is 33.3 Å². The first-order valence-corrected chi connectivity index (χ1v) is 16.2. The molecule has 0 aliphatic carbocycles. The van der Waals surface area contributed by atoms with E-state index in [1.807, 2.05) is 0 Å². The molecule has 29 heteroatoms. The van der Waals surface area contributed by atoms with Crippen LogP contribution >= 0.6 is 15.6 Å². The molecule has 5 rings (SSSR count). The maximum Gasteiger partial charge on any atom is 2.00 e. The van der Waals surface area contributed by atoms with Crippen molar-refractivity contribution >= 4 is 64.2 Å². The molecule has 0 spiro atoms. The third kappa shape index (κ3) is 9.51. The average molecular weight is 849 g/mol. The molecule has 48 heavy (non-hydrogen) atoms. The van der Waals surface area contributed by atoms with Crippen LogP contribution in [0.1, 0.15) is 6.23 Å². The van der Waals surface area contributed by atoms with Crippen LogP contribution < -0.4 is 27.8 Å². The van der Waals surface area contributed by atoms with Crippen LogP contribution in [0.3, 0.4) is 0 Å². The Balaban J connectivity index is 0.00000288. The summed E-state index contributed by atoms with van der Waals surface area (Å²) < 4.78 is 50.6. The predicted molar refractivity (Wildman–Crippen MR) is 161 cm³/mol. The van der Waals surface area contributed by atoms with E-state index in [1.54, 1.807) is 0 Å². The van der Waals surface area contributed by atoms with Crippen LogP contribution in [0.4, 0.5) is 5.82 Å². The number of anilines is 1. The number of fused-ring (bicyclic) bond motifs is 2. The van der Waals surface area contributed by atoms with E-state index in [1.165, 1.54) is 6.07 Å². The summed E-state index contributed by atoms with van der Waals surface area (Å²) >= 11 is 10.7. The minimum Gasteiger partial charge on any atom is -0.784 e. The number of amides is 1. The van der Waals surface area contributed by atoms with E-state index in [-0.39, 0.29) is 65.5 Å². The second-order valence-corrected chi connectivity index (χ2v) is 13.4. The molecule has 1 fully saturated rings. The zero-order chi connectivity index (χ0) is 32.1. The first-order chi connectivity index (χ1) is 20.5. The van der Waals surface area contributed by atoms with Gasteiger partial charge in [-0.15, -0.1) is 5.25 Å². The first kappa shape index (κ1) is 44.2. The molecule has 0 aromatic carbocycles. The third-order valence-electron chi connectivity index (χ3n) is 6.37. The summed E-state index contributed by atoms with van der Waals surface area (Å²) in [5, 5.41) is 24.7. The topological polar surface area (TPSA) is 408 Å². The number of carbonyl (C=O) groups is 1. The van der Waals surface area contributed by atoms with Crippen molar-refractivity contribution in [1.82, 2.24) is 20.2 Å². The van der Waals surface area contributed by atoms with Gasteiger partial charge in [-0.3, -0.25) is 24.1 Å². The molecule has 5 heterocycles. The Hall–Kier alpha value is -1.77. The molecule has 1 saturated heterocycles. The molecule has 1 aromatic rings. The number of hydrogen-bond donors (Lipinski definition) is 8. The van der Waals surface area contributed by atoms with Gasteiger partial charge in [0.2, 0.25) is 0 Å². The minimum absolute atomic E-state index is 0. The molecule has 10 atom stereocenters. The standard InChI is InChI=1S/C19H26N8O13P2S2.Mo.3H2O/c20-7-1-2-27(19(31)22-7)17-11(29)10(28)5(39-17)3-36-41(32,33)40-42(34,35)37-4-6-12(43)13(44)8-16(38-6)24-14-9(23-8)15(30)26-18(21)25-14;;;;/h1-2,5-6,10-12,16-18,28-29,43-44H,3-4,21H2,(H,24,25)(H,26,30)(H,32,33)(H,34,35)(H2,20,22,31);;3*1H2/q;+2;;;/p-2. The van der Waals surface area contributed by atoms with Crippen LogP contribution in [-0.2, 0) is 83.1 Å². The van der Waals surface area contributed by atoms with Crippen molar-refractivity contribution in [2.45, 2.75) is 48.4 Å². The second-order valence-electron chi connectivity index (χ2n) is 9.42. The number of rotatable bonds is 9. The van der Waals surface area contributed by atoms with Gasteiger partial charge in [-0.2, -0.15) is 14.2 Å². The number of aromatic nitrogens is 2. The van der Waals surface area contributed by atoms with Gasteiger partial charge in [0.05, 0.1) is 25.0 Å². The van der Waals surface area contributed by atoms with E-state index < -0.39 is 88.9 Å². The SMILES string of the molecule is Nc1ccn(C2OC(COP(=O)(O)OP(=O)(O)OCC3OC4NC5=NC(N)NC(=O)C5=NC4=C([S-])C3[S-])C(O)C2O)c(=O)n1.O.O.O.[Mo+2]. The number of hydrogen-bond acceptors (Lipinski definition) is 19. The number of phosphoric acid groups is 2. The van der Waals surface area contributed by atoms with E-state index in [4.69, 9.17) is 50.7 Å². The molecular weight excluding hydrogens is 818 g/mol. The van der Waals surface area contributed by atoms with Gasteiger partial charge in [-0.1, -0.05) is 0 Å². The Morgan fingerprint density at radius 2 is 1.62 bits per heavy atom. The summed E-state index contributed by atoms with van der Waals surface area (Å²) in [6.45, 7) is -1.70. The van der Waals surface area contributed by atoms with Gasteiger partial charge in [-0.25, -0.2) is 23.9 Å². The van der Waals surface area contributed by atoms with Crippen molar-refractivity contribution in [3.63, 3.8) is 0 Å². The molecule has 4 aliphatic heterocycles. The second kappa shape index (κ2) is 17.0. The Bertz CT molecular complexity index is 1600. The number of nitrogens with zero attached hydrogens (tertiary/aromatic N) is 4. The van der Waals surface area contributed by atoms with Gasteiger partial charge in [0, 0.05) is 6.20 Å². The van der Waals surface area contributed by atoms with Crippen molar-refractivity contribution in [3.8, 4) is 0 Å². The molecule has 24 nitrogen and oxygen atoms in total. The molecule has 1 amide bonds. The normalized spacial score (nSPS) is 31.6. The number of phosphoric ester groups is 2. The molecule has 0 saturated carbocycles. The number of nitrogen functional groups attached to an aromatic ring is 1. The van der Waals surface area contributed by atoms with Crippen LogP contribution in [0.2, 0.25) is 0 Å². The van der Waals surface area contributed by atoms with Crippen LogP contribution in [0, 0.1) is 0 Å². The smallest absolute Gasteiger partial charge is 0.784 e. The van der Waals surface area contributed by atoms with Crippen LogP contribution in [0.5, 0.6) is 0 Å². The Labute approximate surface area is 294 Å². The Morgan fingerprint density at radius 1 is 1.02 bits per heavy atom. The van der Waals surface area contributed by atoms with E-state index >= 15 is 0 Å². The fourth-order valence-electron chi connectivity index (χ4n) is 4.32. The monoisotopic (exact) mass is 850 g/mol. The van der Waals surface area contributed by atoms with Gasteiger partial charge in [-0.05, 0) is 6.07 Å². The summed E-state index contributed by atoms with van der Waals surface area (Å²) in [6, 6.07) is 1.23. The van der Waals surface area contributed by atoms with Crippen LogP contribution in [0.25, 0.3) is 0 Å². The largest absolute Gasteiger partial charge is 2.00 e. The minimum atomic E-state index is -5.37. The number of nitrogens with two attached hydrogens (primary N) is 2. The van der Waals surface area contributed by atoms with E-state index in [0.29, 0.717) is 0 Å². The molecule has 10 unspecified atom stereocenters. The summed E-state index contributed by atoms with van der Waals surface area (Å²) in [5.74, 6) is -0.698. The average Bonchev–Trinajstić information content (AvgIpc) is 3.20. The van der Waals surface area contributed by atoms with Gasteiger partial charge < -0.3 is 87.5 Å². The quantitative estimate of drug-likeness (QED) is 0.0650. The maximum atomic E-state index is 12.5. The fraction of sp³-hybridized carbons (Fsp3) is 0.526. The Morgan fingerprint density at radius 3 is 2.23 bits per heavy atom. The van der Waals surface area contributed by atoms with Crippen LogP contribution in [-0.4, -0.2) is 119 Å². The number of ether oxygens (including phenoxy) is 2. The molecular formula is C19H30MoN8O16P2S2. The van der Waals surface area contributed by atoms with Crippen molar-refractivity contribution < 1.29 is 94.3 Å². The third-order valence-corrected chi connectivity index (χ3v) is 10.1. The Kier molecular flexibility index (Phi) is 15.6. The molecule has 270 valence electrons. The van der Waals surface area contributed by atoms with Gasteiger partial charge >= 0.3 is 42.4 Å². The van der Waals surface area contributed by atoms with Crippen molar-refractivity contribution in [2.24, 2.45) is 15.7 Å². The maximum absolute atomic E-state index is 12.5. The van der Waals surface area contributed by atoms with Gasteiger partial charge in [0.1, 0.15) is 24.1 Å². The van der Waals surface area contributed by atoms with E-state index in [2.05, 4.69) is 34.4 Å². The summed E-state index contributed by atoms with van der Waals surface area (Å²) in [6.07, 6.45) is -8.54. The predicted octanol–water partition coefficient (Wildman–Crippen LogP) is -6.57. The molecule has 0 radical (unpaired) electrons. The number of aliphatic imine (C=N–C) groups is 2. The van der Waals surface area contributed by atoms with Crippen LogP contribution in [0.15, 0.2) is 37.6 Å². The van der Waals surface area contributed by atoms with E-state index in [0.717, 1.165) is 10.8 Å². The first-order valence-electron chi connectivity index (χ1n) is 12.3. The molecule has 16 N–H and O–H groups in total. The molecule has 1 aromatic heterocycles. The van der Waals surface area contributed by atoms with Gasteiger partial charge in [0.25, 0.3) is 5.91 Å². The zero-order valence-corrected chi connectivity index (χ0v) is 29.1. The number of aliphatic hydroxyl groups is 2. The number of carbonyl (C=O) groups excluding carboxylic acids is 1. The number of nitrogens with one attached hydrogen (secondary N) is 2.